The number of thiophene rings is 1. The van der Waals surface area contributed by atoms with Gasteiger partial charge in [0.2, 0.25) is 10.0 Å². The number of hydrogen-bond acceptors (Lipinski definition) is 8. The molecule has 3 aromatic rings. The summed E-state index contributed by atoms with van der Waals surface area (Å²) >= 11 is 14.4. The molecule has 0 spiro atoms. The number of sulfonamides is 1. The minimum absolute atomic E-state index is 0.240. The van der Waals surface area contributed by atoms with Gasteiger partial charge in [-0.15, -0.1) is 11.3 Å². The Labute approximate surface area is 284 Å². The van der Waals surface area contributed by atoms with Crippen LogP contribution in [-0.2, 0) is 21.3 Å². The van der Waals surface area contributed by atoms with Gasteiger partial charge in [-0.1, -0.05) is 60.3 Å². The van der Waals surface area contributed by atoms with Crippen LogP contribution in [-0.4, -0.2) is 60.5 Å². The molecule has 9 nitrogen and oxygen atoms in total. The number of rotatable bonds is 9. The maximum atomic E-state index is 14.4. The number of nitrogens with zero attached hydrogens (tertiary/aromatic N) is 1. The first-order valence-corrected chi connectivity index (χ1v) is 18.7. The molecule has 2 aliphatic rings. The van der Waals surface area contributed by atoms with Gasteiger partial charge in [-0.25, -0.2) is 17.9 Å². The molecule has 3 N–H and O–H groups in total. The number of nitrogens with one attached hydrogen (secondary N) is 2. The quantitative estimate of drug-likeness (QED) is 0.177. The van der Waals surface area contributed by atoms with E-state index in [2.05, 4.69) is 10.0 Å². The van der Waals surface area contributed by atoms with Crippen LogP contribution in [0.1, 0.15) is 94.4 Å². The zero-order valence-corrected chi connectivity index (χ0v) is 29.3. The van der Waals surface area contributed by atoms with Crippen LogP contribution < -0.4 is 10.0 Å². The second-order valence-corrected chi connectivity index (χ2v) is 16.7. The van der Waals surface area contributed by atoms with Crippen molar-refractivity contribution in [3.05, 3.63) is 91.1 Å². The van der Waals surface area contributed by atoms with Crippen molar-refractivity contribution in [1.29, 1.82) is 0 Å². The van der Waals surface area contributed by atoms with Crippen LogP contribution in [0.15, 0.2) is 54.6 Å². The lowest BCUT2D eigenvalue weighted by atomic mass is 9.76. The number of carbonyl (C=O) groups excluding carboxylic acids is 2. The number of aliphatic hydroxyl groups excluding tert-OH is 1. The minimum Gasteiger partial charge on any atom is -0.456 e. The van der Waals surface area contributed by atoms with Crippen LogP contribution in [0.3, 0.4) is 0 Å². The highest BCUT2D eigenvalue weighted by molar-refractivity contribution is 7.88. The monoisotopic (exact) mass is 707 g/mol. The molecular formula is C33H39Cl2N3O6S2. The van der Waals surface area contributed by atoms with E-state index in [0.717, 1.165) is 24.0 Å². The Bertz CT molecular complexity index is 1710. The predicted octanol–water partition coefficient (Wildman–Crippen LogP) is 6.26. The molecule has 46 heavy (non-hydrogen) atoms. The van der Waals surface area contributed by atoms with Crippen molar-refractivity contribution in [1.82, 2.24) is 14.9 Å². The molecule has 1 aliphatic heterocycles. The van der Waals surface area contributed by atoms with E-state index in [0.29, 0.717) is 44.5 Å². The van der Waals surface area contributed by atoms with Crippen LogP contribution >= 0.6 is 34.5 Å². The molecule has 248 valence electrons. The van der Waals surface area contributed by atoms with Crippen LogP contribution in [0.25, 0.3) is 0 Å². The molecule has 2 heterocycles. The number of esters is 1. The summed E-state index contributed by atoms with van der Waals surface area (Å²) in [5.74, 6) is -1.37. The fraction of sp³-hybridized carbons (Fsp3) is 0.455. The van der Waals surface area contributed by atoms with Gasteiger partial charge in [0.05, 0.1) is 12.3 Å². The van der Waals surface area contributed by atoms with E-state index in [-0.39, 0.29) is 12.5 Å². The molecule has 5 rings (SSSR count). The molecule has 13 heteroatoms. The van der Waals surface area contributed by atoms with Crippen molar-refractivity contribution >= 4 is 56.4 Å². The molecule has 0 saturated heterocycles. The fourth-order valence-electron chi connectivity index (χ4n) is 6.48. The summed E-state index contributed by atoms with van der Waals surface area (Å²) in [4.78, 5) is 30.0. The molecule has 2 unspecified atom stereocenters. The van der Waals surface area contributed by atoms with Gasteiger partial charge in [0.15, 0.2) is 0 Å². The molecule has 0 radical (unpaired) electrons. The molecule has 1 amide bonds. The number of hydrogen-bond donors (Lipinski definition) is 3. The fourth-order valence-corrected chi connectivity index (χ4v) is 8.66. The van der Waals surface area contributed by atoms with Gasteiger partial charge in [-0.3, -0.25) is 10.1 Å². The zero-order valence-electron chi connectivity index (χ0n) is 26.1. The van der Waals surface area contributed by atoms with E-state index in [1.54, 1.807) is 41.3 Å². The van der Waals surface area contributed by atoms with Gasteiger partial charge < -0.3 is 14.7 Å². The second kappa shape index (κ2) is 13.9. The molecular weight excluding hydrogens is 669 g/mol. The van der Waals surface area contributed by atoms with Gasteiger partial charge in [0.25, 0.3) is 5.91 Å². The van der Waals surface area contributed by atoms with E-state index >= 15 is 0 Å². The van der Waals surface area contributed by atoms with E-state index in [9.17, 15) is 23.1 Å². The average Bonchev–Trinajstić information content (AvgIpc) is 3.44. The third kappa shape index (κ3) is 7.95. The van der Waals surface area contributed by atoms with Crippen molar-refractivity contribution in [2.75, 3.05) is 6.26 Å². The van der Waals surface area contributed by atoms with Gasteiger partial charge >= 0.3 is 5.97 Å². The van der Waals surface area contributed by atoms with E-state index < -0.39 is 51.9 Å². The zero-order chi connectivity index (χ0) is 33.4. The SMILES string of the molecule is CC(C)(C)OC(=O)c1ccc(CNC(O)[C@@H]2c3ccccc3C(=O)N([C@H]3CCCCC3NS(C)(=O)=O)[C@H]2c2ccc(Cl)cc2Cl)s1. The van der Waals surface area contributed by atoms with Gasteiger partial charge in [0, 0.05) is 45.0 Å². The predicted molar refractivity (Wildman–Crippen MR) is 181 cm³/mol. The smallest absolute Gasteiger partial charge is 0.348 e. The first kappa shape index (κ1) is 34.8. The summed E-state index contributed by atoms with van der Waals surface area (Å²) in [5.41, 5.74) is 1.04. The molecule has 1 saturated carbocycles. The van der Waals surface area contributed by atoms with Crippen molar-refractivity contribution in [3.8, 4) is 0 Å². The van der Waals surface area contributed by atoms with Crippen LogP contribution in [0.5, 0.6) is 0 Å². The third-order valence-corrected chi connectivity index (χ3v) is 10.6. The topological polar surface area (TPSA) is 125 Å². The summed E-state index contributed by atoms with van der Waals surface area (Å²) in [6.07, 6.45) is 2.70. The van der Waals surface area contributed by atoms with Crippen molar-refractivity contribution in [2.45, 2.75) is 88.9 Å². The molecule has 2 aromatic carbocycles. The molecule has 1 aliphatic carbocycles. The summed E-state index contributed by atoms with van der Waals surface area (Å²) in [7, 11) is -3.58. The van der Waals surface area contributed by atoms with Gasteiger partial charge in [-0.05, 0) is 75.1 Å². The Kier molecular flexibility index (Phi) is 10.5. The Morgan fingerprint density at radius 2 is 1.80 bits per heavy atom. The summed E-state index contributed by atoms with van der Waals surface area (Å²) in [5, 5.41) is 15.9. The molecule has 5 atom stereocenters. The lowest BCUT2D eigenvalue weighted by Gasteiger charge is -2.50. The van der Waals surface area contributed by atoms with Gasteiger partial charge in [0.1, 0.15) is 16.7 Å². The van der Waals surface area contributed by atoms with Crippen LogP contribution in [0, 0.1) is 0 Å². The van der Waals surface area contributed by atoms with Crippen LogP contribution in [0.2, 0.25) is 10.0 Å². The van der Waals surface area contributed by atoms with E-state index in [4.69, 9.17) is 27.9 Å². The van der Waals surface area contributed by atoms with E-state index in [1.807, 2.05) is 39.0 Å². The first-order chi connectivity index (χ1) is 21.6. The number of aliphatic hydroxyl groups is 1. The maximum absolute atomic E-state index is 14.4. The summed E-state index contributed by atoms with van der Waals surface area (Å²) in [6.45, 7) is 5.67. The Balaban J connectivity index is 1.55. The molecule has 0 bridgehead atoms. The number of fused-ring (bicyclic) bond motifs is 1. The normalized spacial score (nSPS) is 22.8. The molecule has 1 fully saturated rings. The maximum Gasteiger partial charge on any atom is 0.348 e. The first-order valence-electron chi connectivity index (χ1n) is 15.2. The van der Waals surface area contributed by atoms with Crippen molar-refractivity contribution in [2.24, 2.45) is 0 Å². The van der Waals surface area contributed by atoms with Crippen molar-refractivity contribution < 1.29 is 27.9 Å². The minimum atomic E-state index is -3.58. The number of ether oxygens (including phenoxy) is 1. The molecule has 1 aromatic heterocycles. The Morgan fingerprint density at radius 3 is 2.50 bits per heavy atom. The lowest BCUT2D eigenvalue weighted by molar-refractivity contribution is 0.00720. The van der Waals surface area contributed by atoms with Crippen molar-refractivity contribution in [3.63, 3.8) is 0 Å². The largest absolute Gasteiger partial charge is 0.456 e. The lowest BCUT2D eigenvalue weighted by Crippen LogP contribution is -2.59. The number of halogens is 2. The standard InChI is InChI=1S/C33H39Cl2N3O6S2/c1-33(2,3)44-32(41)27-16-14-20(45-27)18-36-30(39)28-21-9-5-6-10-22(21)31(40)38(29(28)23-15-13-19(34)17-24(23)35)26-12-8-7-11-25(26)37-46(4,42)43/h5-6,9-10,13-17,25-26,28-30,36-37,39H,7-8,11-12,18H2,1-4H3/t25?,26-,28+,29-,30?/m0/s1. The summed E-state index contributed by atoms with van der Waals surface area (Å²) in [6, 6.07) is 14.0. The highest BCUT2D eigenvalue weighted by Crippen LogP contribution is 2.48. The van der Waals surface area contributed by atoms with Gasteiger partial charge in [-0.2, -0.15) is 0 Å². The summed E-state index contributed by atoms with van der Waals surface area (Å²) < 4.78 is 33.1. The van der Waals surface area contributed by atoms with E-state index in [1.165, 1.54) is 11.3 Å². The number of benzene rings is 2. The Morgan fingerprint density at radius 1 is 1.09 bits per heavy atom. The highest BCUT2D eigenvalue weighted by Gasteiger charge is 2.49. The average molecular weight is 709 g/mol. The Hall–Kier alpha value is -2.51. The number of amides is 1. The number of carbonyl (C=O) groups is 2. The van der Waals surface area contributed by atoms with Crippen LogP contribution in [0.4, 0.5) is 0 Å². The third-order valence-electron chi connectivity index (χ3n) is 8.25. The highest BCUT2D eigenvalue weighted by atomic mass is 35.5. The second-order valence-electron chi connectivity index (χ2n) is 12.9.